The van der Waals surface area contributed by atoms with Crippen molar-refractivity contribution in [3.63, 3.8) is 0 Å². The molecule has 0 radical (unpaired) electrons. The summed E-state index contributed by atoms with van der Waals surface area (Å²) >= 11 is 0. The van der Waals surface area contributed by atoms with Crippen LogP contribution in [-0.4, -0.2) is 31.1 Å². The summed E-state index contributed by atoms with van der Waals surface area (Å²) < 4.78 is 0. The highest BCUT2D eigenvalue weighted by atomic mass is 15.2. The van der Waals surface area contributed by atoms with Gasteiger partial charge >= 0.3 is 0 Å². The molecule has 0 saturated carbocycles. The Morgan fingerprint density at radius 3 is 2.24 bits per heavy atom. The molecule has 2 heteroatoms. The van der Waals surface area contributed by atoms with Gasteiger partial charge in [-0.05, 0) is 23.0 Å². The molecule has 118 valence electrons. The lowest BCUT2D eigenvalue weighted by molar-refractivity contribution is 0.163. The lowest BCUT2D eigenvalue weighted by Crippen LogP contribution is -2.45. The SMILES string of the molecule is CCCC[C@@H](c1ccc(C(C)(C)C)cc1)N1CCNCC1. The van der Waals surface area contributed by atoms with Crippen molar-refractivity contribution in [3.05, 3.63) is 35.4 Å². The molecule has 0 aliphatic carbocycles. The third kappa shape index (κ3) is 4.55. The number of nitrogens with zero attached hydrogens (tertiary/aromatic N) is 1. The molecule has 1 aliphatic heterocycles. The van der Waals surface area contributed by atoms with Gasteiger partial charge in [0, 0.05) is 32.2 Å². The van der Waals surface area contributed by atoms with Gasteiger partial charge < -0.3 is 5.32 Å². The van der Waals surface area contributed by atoms with E-state index in [1.165, 1.54) is 43.5 Å². The first kappa shape index (κ1) is 16.5. The molecule has 1 aliphatic rings. The third-order valence-electron chi connectivity index (χ3n) is 4.58. The van der Waals surface area contributed by atoms with Crippen molar-refractivity contribution in [1.82, 2.24) is 10.2 Å². The lowest BCUT2D eigenvalue weighted by atomic mass is 9.86. The predicted octanol–water partition coefficient (Wildman–Crippen LogP) is 4.12. The maximum Gasteiger partial charge on any atom is 0.0349 e. The maximum atomic E-state index is 3.46. The van der Waals surface area contributed by atoms with Crippen molar-refractivity contribution in [3.8, 4) is 0 Å². The van der Waals surface area contributed by atoms with Crippen molar-refractivity contribution in [2.24, 2.45) is 0 Å². The molecule has 1 saturated heterocycles. The highest BCUT2D eigenvalue weighted by Crippen LogP contribution is 2.29. The minimum Gasteiger partial charge on any atom is -0.314 e. The van der Waals surface area contributed by atoms with E-state index in [2.05, 4.69) is 62.2 Å². The molecule has 0 bridgehead atoms. The van der Waals surface area contributed by atoms with Gasteiger partial charge in [-0.25, -0.2) is 0 Å². The van der Waals surface area contributed by atoms with Crippen LogP contribution in [0.1, 0.15) is 64.1 Å². The van der Waals surface area contributed by atoms with Crippen LogP contribution in [0.25, 0.3) is 0 Å². The summed E-state index contributed by atoms with van der Waals surface area (Å²) in [5.41, 5.74) is 3.17. The van der Waals surface area contributed by atoms with Gasteiger partial charge in [-0.1, -0.05) is 64.8 Å². The van der Waals surface area contributed by atoms with Crippen molar-refractivity contribution < 1.29 is 0 Å². The summed E-state index contributed by atoms with van der Waals surface area (Å²) in [6, 6.07) is 9.99. The minimum atomic E-state index is 0.243. The highest BCUT2D eigenvalue weighted by molar-refractivity contribution is 5.29. The van der Waals surface area contributed by atoms with Gasteiger partial charge in [0.05, 0.1) is 0 Å². The standard InChI is InChI=1S/C19H32N2/c1-5-6-7-18(21-14-12-20-13-15-21)16-8-10-17(11-9-16)19(2,3)4/h8-11,18,20H,5-7,12-15H2,1-4H3/t18-/m0/s1. The Balaban J connectivity index is 2.15. The topological polar surface area (TPSA) is 15.3 Å². The zero-order valence-corrected chi connectivity index (χ0v) is 14.3. The van der Waals surface area contributed by atoms with Crippen molar-refractivity contribution >= 4 is 0 Å². The first-order chi connectivity index (χ1) is 10.0. The first-order valence-electron chi connectivity index (χ1n) is 8.57. The van der Waals surface area contributed by atoms with E-state index in [-0.39, 0.29) is 5.41 Å². The van der Waals surface area contributed by atoms with Crippen LogP contribution >= 0.6 is 0 Å². The molecule has 0 spiro atoms. The molecule has 1 N–H and O–H groups in total. The summed E-state index contributed by atoms with van der Waals surface area (Å²) in [5, 5.41) is 3.46. The van der Waals surface area contributed by atoms with Crippen LogP contribution in [0, 0.1) is 0 Å². The molecule has 21 heavy (non-hydrogen) atoms. The number of rotatable bonds is 5. The van der Waals surface area contributed by atoms with Gasteiger partial charge in [0.25, 0.3) is 0 Å². The van der Waals surface area contributed by atoms with Crippen LogP contribution in [0.2, 0.25) is 0 Å². The van der Waals surface area contributed by atoms with Crippen molar-refractivity contribution in [2.75, 3.05) is 26.2 Å². The van der Waals surface area contributed by atoms with Crippen LogP contribution in [0.3, 0.4) is 0 Å². The molecular formula is C19H32N2. The fraction of sp³-hybridized carbons (Fsp3) is 0.684. The van der Waals surface area contributed by atoms with E-state index in [0.717, 1.165) is 13.1 Å². The number of piperazine rings is 1. The molecule has 1 aromatic rings. The molecule has 0 aromatic heterocycles. The molecule has 1 heterocycles. The minimum absolute atomic E-state index is 0.243. The molecular weight excluding hydrogens is 256 g/mol. The molecule has 0 amide bonds. The van der Waals surface area contributed by atoms with Crippen LogP contribution < -0.4 is 5.32 Å². The largest absolute Gasteiger partial charge is 0.314 e. The predicted molar refractivity (Wildman–Crippen MR) is 91.9 cm³/mol. The van der Waals surface area contributed by atoms with Crippen LogP contribution in [0.4, 0.5) is 0 Å². The Morgan fingerprint density at radius 2 is 1.71 bits per heavy atom. The number of unbranched alkanes of at least 4 members (excludes halogenated alkanes) is 1. The summed E-state index contributed by atoms with van der Waals surface area (Å²) in [6.45, 7) is 13.8. The van der Waals surface area contributed by atoms with Gasteiger partial charge in [-0.2, -0.15) is 0 Å². The van der Waals surface area contributed by atoms with Gasteiger partial charge in [-0.15, -0.1) is 0 Å². The molecule has 0 unspecified atom stereocenters. The monoisotopic (exact) mass is 288 g/mol. The summed E-state index contributed by atoms with van der Waals surface area (Å²) in [7, 11) is 0. The summed E-state index contributed by atoms with van der Waals surface area (Å²) in [5.74, 6) is 0. The van der Waals surface area contributed by atoms with Crippen molar-refractivity contribution in [1.29, 1.82) is 0 Å². The quantitative estimate of drug-likeness (QED) is 0.876. The van der Waals surface area contributed by atoms with E-state index in [1.807, 2.05) is 0 Å². The fourth-order valence-electron chi connectivity index (χ4n) is 3.16. The van der Waals surface area contributed by atoms with Crippen LogP contribution in [-0.2, 0) is 5.41 Å². The smallest absolute Gasteiger partial charge is 0.0349 e. The Hall–Kier alpha value is -0.860. The van der Waals surface area contributed by atoms with E-state index in [0.29, 0.717) is 6.04 Å². The number of benzene rings is 1. The lowest BCUT2D eigenvalue weighted by Gasteiger charge is -2.35. The Labute approximate surface area is 130 Å². The summed E-state index contributed by atoms with van der Waals surface area (Å²) in [4.78, 5) is 2.66. The highest BCUT2D eigenvalue weighted by Gasteiger charge is 2.22. The molecule has 2 nitrogen and oxygen atoms in total. The second kappa shape index (κ2) is 7.42. The zero-order chi connectivity index (χ0) is 15.3. The average molecular weight is 288 g/mol. The van der Waals surface area contributed by atoms with E-state index in [4.69, 9.17) is 0 Å². The molecule has 1 fully saturated rings. The van der Waals surface area contributed by atoms with E-state index >= 15 is 0 Å². The zero-order valence-electron chi connectivity index (χ0n) is 14.3. The van der Waals surface area contributed by atoms with Gasteiger partial charge in [0.1, 0.15) is 0 Å². The third-order valence-corrected chi connectivity index (χ3v) is 4.58. The normalized spacial score (nSPS) is 18.7. The van der Waals surface area contributed by atoms with Gasteiger partial charge in [0.2, 0.25) is 0 Å². The molecule has 1 atom stereocenters. The van der Waals surface area contributed by atoms with Crippen LogP contribution in [0.15, 0.2) is 24.3 Å². The Bertz CT molecular complexity index is 410. The number of hydrogen-bond donors (Lipinski definition) is 1. The molecule has 2 rings (SSSR count). The number of nitrogens with one attached hydrogen (secondary N) is 1. The molecule has 1 aromatic carbocycles. The first-order valence-corrected chi connectivity index (χ1v) is 8.57. The second-order valence-corrected chi connectivity index (χ2v) is 7.32. The van der Waals surface area contributed by atoms with Crippen LogP contribution in [0.5, 0.6) is 0 Å². The Morgan fingerprint density at radius 1 is 1.10 bits per heavy atom. The average Bonchev–Trinajstić information content (AvgIpc) is 2.48. The second-order valence-electron chi connectivity index (χ2n) is 7.32. The van der Waals surface area contributed by atoms with E-state index in [9.17, 15) is 0 Å². The van der Waals surface area contributed by atoms with Gasteiger partial charge in [-0.3, -0.25) is 4.90 Å². The van der Waals surface area contributed by atoms with E-state index in [1.54, 1.807) is 0 Å². The van der Waals surface area contributed by atoms with E-state index < -0.39 is 0 Å². The Kier molecular flexibility index (Phi) is 5.83. The number of hydrogen-bond acceptors (Lipinski definition) is 2. The van der Waals surface area contributed by atoms with Crippen molar-refractivity contribution in [2.45, 2.75) is 58.4 Å². The fourth-order valence-corrected chi connectivity index (χ4v) is 3.16. The maximum absolute atomic E-state index is 3.46. The van der Waals surface area contributed by atoms with Gasteiger partial charge in [0.15, 0.2) is 0 Å². The summed E-state index contributed by atoms with van der Waals surface area (Å²) in [6.07, 6.45) is 3.88.